The minimum atomic E-state index is -0.656. The number of benzene rings is 2. The lowest BCUT2D eigenvalue weighted by Crippen LogP contribution is -2.37. The van der Waals surface area contributed by atoms with Crippen LogP contribution in [0, 0.1) is 0 Å². The number of H-pyrrole nitrogens is 1. The minimum absolute atomic E-state index is 0.290. The van der Waals surface area contributed by atoms with Crippen molar-refractivity contribution >= 4 is 39.3 Å². The van der Waals surface area contributed by atoms with E-state index in [1.807, 2.05) is 42.5 Å². The Hall–Kier alpha value is -2.15. The molecule has 0 fully saturated rings. The van der Waals surface area contributed by atoms with Crippen molar-refractivity contribution in [1.29, 1.82) is 0 Å². The number of amides is 1. The first-order valence-corrected chi connectivity index (χ1v) is 8.81. The highest BCUT2D eigenvalue weighted by Gasteiger charge is 2.16. The molecule has 0 unspecified atom stereocenters. The Morgan fingerprint density at radius 3 is 2.76 bits per heavy atom. The average Bonchev–Trinajstić information content (AvgIpc) is 3.06. The highest BCUT2D eigenvalue weighted by molar-refractivity contribution is 9.10. The smallest absolute Gasteiger partial charge is 0.242 e. The van der Waals surface area contributed by atoms with E-state index in [2.05, 4.69) is 31.4 Å². The van der Waals surface area contributed by atoms with Gasteiger partial charge in [-0.15, -0.1) is 0 Å². The summed E-state index contributed by atoms with van der Waals surface area (Å²) in [5.41, 5.74) is 8.49. The second-order valence-electron chi connectivity index (χ2n) is 5.58. The van der Waals surface area contributed by atoms with Crippen LogP contribution in [0.5, 0.6) is 0 Å². The molecule has 0 spiro atoms. The summed E-state index contributed by atoms with van der Waals surface area (Å²) in [5.74, 6) is 0.113. The van der Waals surface area contributed by atoms with Gasteiger partial charge in [0.15, 0.2) is 5.82 Å². The van der Waals surface area contributed by atoms with E-state index in [0.29, 0.717) is 23.0 Å². The molecule has 0 saturated heterocycles. The van der Waals surface area contributed by atoms with Gasteiger partial charge in [-0.05, 0) is 30.2 Å². The number of nitrogens with zero attached hydrogens (tertiary/aromatic N) is 1. The molecule has 0 aliphatic carbocycles. The van der Waals surface area contributed by atoms with Crippen LogP contribution in [-0.2, 0) is 11.2 Å². The van der Waals surface area contributed by atoms with Crippen LogP contribution in [0.3, 0.4) is 0 Å². The molecule has 1 aromatic heterocycles. The van der Waals surface area contributed by atoms with Crippen molar-refractivity contribution < 1.29 is 4.79 Å². The van der Waals surface area contributed by atoms with E-state index in [-0.39, 0.29) is 5.91 Å². The normalized spacial score (nSPS) is 12.0. The van der Waals surface area contributed by atoms with Gasteiger partial charge in [-0.1, -0.05) is 57.9 Å². The number of aromatic nitrogens is 2. The molecule has 1 heterocycles. The lowest BCUT2D eigenvalue weighted by molar-refractivity contribution is -0.117. The SMILES string of the molecule is N[C@@H](Cc1ccccc1)C(=O)Nc1cc(-c2cc(Br)ccc2Cl)[nH]n1. The maximum Gasteiger partial charge on any atom is 0.242 e. The third-order valence-corrected chi connectivity index (χ3v) is 4.51. The van der Waals surface area contributed by atoms with Crippen molar-refractivity contribution in [3.63, 3.8) is 0 Å². The van der Waals surface area contributed by atoms with Crippen LogP contribution in [0.4, 0.5) is 5.82 Å². The molecular formula is C18H16BrClN4O. The Morgan fingerprint density at radius 2 is 2.00 bits per heavy atom. The van der Waals surface area contributed by atoms with Gasteiger partial charge in [0.2, 0.25) is 5.91 Å². The van der Waals surface area contributed by atoms with Crippen LogP contribution in [0.2, 0.25) is 5.02 Å². The van der Waals surface area contributed by atoms with Gasteiger partial charge in [0.1, 0.15) is 0 Å². The quantitative estimate of drug-likeness (QED) is 0.584. The summed E-state index contributed by atoms with van der Waals surface area (Å²) in [7, 11) is 0. The zero-order valence-electron chi connectivity index (χ0n) is 13.2. The molecule has 128 valence electrons. The van der Waals surface area contributed by atoms with Gasteiger partial charge < -0.3 is 11.1 Å². The van der Waals surface area contributed by atoms with Gasteiger partial charge in [0.25, 0.3) is 0 Å². The van der Waals surface area contributed by atoms with Crippen LogP contribution in [0.1, 0.15) is 5.56 Å². The fourth-order valence-corrected chi connectivity index (χ4v) is 2.99. The summed E-state index contributed by atoms with van der Waals surface area (Å²) in [6.07, 6.45) is 0.460. The topological polar surface area (TPSA) is 83.8 Å². The summed E-state index contributed by atoms with van der Waals surface area (Å²) >= 11 is 9.62. The fourth-order valence-electron chi connectivity index (χ4n) is 2.41. The number of carbonyl (C=O) groups excluding carboxylic acids is 1. The zero-order valence-corrected chi connectivity index (χ0v) is 15.5. The Kier molecular flexibility index (Phi) is 5.53. The van der Waals surface area contributed by atoms with E-state index in [0.717, 1.165) is 15.6 Å². The van der Waals surface area contributed by atoms with Crippen LogP contribution in [0.25, 0.3) is 11.3 Å². The number of carbonyl (C=O) groups is 1. The van der Waals surface area contributed by atoms with E-state index >= 15 is 0 Å². The first kappa shape index (κ1) is 17.7. The first-order chi connectivity index (χ1) is 12.0. The summed E-state index contributed by atoms with van der Waals surface area (Å²) in [4.78, 5) is 12.3. The number of anilines is 1. The fraction of sp³-hybridized carbons (Fsp3) is 0.111. The molecule has 2 aromatic carbocycles. The molecule has 25 heavy (non-hydrogen) atoms. The highest BCUT2D eigenvalue weighted by Crippen LogP contribution is 2.30. The van der Waals surface area contributed by atoms with Gasteiger partial charge in [-0.2, -0.15) is 5.10 Å². The van der Waals surface area contributed by atoms with Crippen molar-refractivity contribution in [2.45, 2.75) is 12.5 Å². The van der Waals surface area contributed by atoms with Gasteiger partial charge in [-0.25, -0.2) is 0 Å². The van der Waals surface area contributed by atoms with Crippen LogP contribution >= 0.6 is 27.5 Å². The average molecular weight is 420 g/mol. The number of rotatable bonds is 5. The monoisotopic (exact) mass is 418 g/mol. The Balaban J connectivity index is 1.68. The highest BCUT2D eigenvalue weighted by atomic mass is 79.9. The summed E-state index contributed by atoms with van der Waals surface area (Å²) < 4.78 is 0.900. The molecule has 3 rings (SSSR count). The third kappa shape index (κ3) is 4.48. The predicted molar refractivity (Wildman–Crippen MR) is 103 cm³/mol. The van der Waals surface area contributed by atoms with E-state index < -0.39 is 6.04 Å². The van der Waals surface area contributed by atoms with Gasteiger partial charge >= 0.3 is 0 Å². The van der Waals surface area contributed by atoms with E-state index in [1.165, 1.54) is 0 Å². The van der Waals surface area contributed by atoms with E-state index in [1.54, 1.807) is 12.1 Å². The summed E-state index contributed by atoms with van der Waals surface area (Å²) in [6.45, 7) is 0. The number of halogens is 2. The van der Waals surface area contributed by atoms with Crippen molar-refractivity contribution in [2.24, 2.45) is 5.73 Å². The van der Waals surface area contributed by atoms with Crippen molar-refractivity contribution in [2.75, 3.05) is 5.32 Å². The molecule has 0 radical (unpaired) electrons. The van der Waals surface area contributed by atoms with Crippen molar-refractivity contribution in [1.82, 2.24) is 10.2 Å². The molecule has 1 amide bonds. The van der Waals surface area contributed by atoms with Gasteiger partial charge in [0.05, 0.1) is 16.8 Å². The predicted octanol–water partition coefficient (Wildman–Crippen LogP) is 4.00. The molecule has 3 aromatic rings. The van der Waals surface area contributed by atoms with Crippen LogP contribution < -0.4 is 11.1 Å². The van der Waals surface area contributed by atoms with E-state index in [4.69, 9.17) is 17.3 Å². The molecule has 0 bridgehead atoms. The number of hydrogen-bond donors (Lipinski definition) is 3. The maximum atomic E-state index is 12.3. The Labute approximate surface area is 158 Å². The molecule has 0 saturated carbocycles. The standard InChI is InChI=1S/C18H16BrClN4O/c19-12-6-7-14(20)13(9-12)16-10-17(24-23-16)22-18(25)15(21)8-11-4-2-1-3-5-11/h1-7,9-10,15H,8,21H2,(H2,22,23,24,25)/t15-/m0/s1. The molecule has 1 atom stereocenters. The molecular weight excluding hydrogens is 404 g/mol. The van der Waals surface area contributed by atoms with Gasteiger partial charge in [0, 0.05) is 16.1 Å². The number of aromatic amines is 1. The number of nitrogens with one attached hydrogen (secondary N) is 2. The molecule has 0 aliphatic rings. The Bertz CT molecular complexity index is 882. The second kappa shape index (κ2) is 7.82. The van der Waals surface area contributed by atoms with Crippen LogP contribution in [0.15, 0.2) is 59.1 Å². The number of hydrogen-bond acceptors (Lipinski definition) is 3. The van der Waals surface area contributed by atoms with Gasteiger partial charge in [-0.3, -0.25) is 9.89 Å². The zero-order chi connectivity index (χ0) is 17.8. The maximum absolute atomic E-state index is 12.3. The second-order valence-corrected chi connectivity index (χ2v) is 6.90. The lowest BCUT2D eigenvalue weighted by Gasteiger charge is -2.10. The van der Waals surface area contributed by atoms with Crippen molar-refractivity contribution in [3.8, 4) is 11.3 Å². The lowest BCUT2D eigenvalue weighted by atomic mass is 10.1. The van der Waals surface area contributed by atoms with Crippen LogP contribution in [-0.4, -0.2) is 22.1 Å². The Morgan fingerprint density at radius 1 is 1.24 bits per heavy atom. The first-order valence-electron chi connectivity index (χ1n) is 7.64. The summed E-state index contributed by atoms with van der Waals surface area (Å²) in [6, 6.07) is 16.2. The molecule has 0 aliphatic heterocycles. The minimum Gasteiger partial charge on any atom is -0.320 e. The molecule has 7 heteroatoms. The summed E-state index contributed by atoms with van der Waals surface area (Å²) in [5, 5.41) is 10.3. The molecule has 4 N–H and O–H groups in total. The molecule has 5 nitrogen and oxygen atoms in total. The third-order valence-electron chi connectivity index (χ3n) is 3.68. The van der Waals surface area contributed by atoms with Crippen molar-refractivity contribution in [3.05, 3.63) is 69.7 Å². The largest absolute Gasteiger partial charge is 0.320 e. The number of nitrogens with two attached hydrogens (primary N) is 1. The van der Waals surface area contributed by atoms with E-state index in [9.17, 15) is 4.79 Å².